The maximum Gasteiger partial charge on any atom is 0.156 e. The zero-order valence-corrected chi connectivity index (χ0v) is 14.1. The molecule has 0 saturated carbocycles. The average Bonchev–Trinajstić information content (AvgIpc) is 3.30. The summed E-state index contributed by atoms with van der Waals surface area (Å²) in [6.07, 6.45) is 5.62. The molecule has 0 fully saturated rings. The Balaban J connectivity index is 1.48. The maximum absolute atomic E-state index is 4.30. The number of nitrogens with zero attached hydrogens (tertiary/aromatic N) is 6. The van der Waals surface area contributed by atoms with Gasteiger partial charge in [-0.2, -0.15) is 9.78 Å². The number of para-hydroxylation sites is 1. The van der Waals surface area contributed by atoms with Gasteiger partial charge in [-0.05, 0) is 55.4 Å². The molecule has 3 rings (SSSR count). The molecule has 0 aliphatic carbocycles. The molecule has 1 aromatic carbocycles. The maximum atomic E-state index is 4.30. The van der Waals surface area contributed by atoms with Crippen LogP contribution in [0.15, 0.2) is 48.8 Å². The van der Waals surface area contributed by atoms with Crippen LogP contribution in [0.3, 0.4) is 0 Å². The quantitative estimate of drug-likeness (QED) is 0.642. The Labute approximate surface area is 141 Å². The molecule has 126 valence electrons. The molecule has 3 aromatic rings. The summed E-state index contributed by atoms with van der Waals surface area (Å²) in [5.74, 6) is 0.885. The average molecular weight is 325 g/mol. The minimum absolute atomic E-state index is 0.314. The van der Waals surface area contributed by atoms with E-state index in [2.05, 4.69) is 39.8 Å². The smallest absolute Gasteiger partial charge is 0.156 e. The molecule has 7 nitrogen and oxygen atoms in total. The first-order chi connectivity index (χ1) is 11.8. The van der Waals surface area contributed by atoms with Crippen molar-refractivity contribution in [2.24, 2.45) is 0 Å². The second kappa shape index (κ2) is 7.83. The van der Waals surface area contributed by atoms with Gasteiger partial charge in [0.1, 0.15) is 0 Å². The molecule has 24 heavy (non-hydrogen) atoms. The van der Waals surface area contributed by atoms with Crippen molar-refractivity contribution in [3.05, 3.63) is 54.6 Å². The standard InChI is InChI=1S/C17H23N7/c1-14(15(2)23-13-7-12-19-23)18-11-6-10-17-20-21-22-24(17)16-8-4-3-5-9-16/h3-5,7-9,12-15,18H,6,10-11H2,1-2H3. The molecule has 0 bridgehead atoms. The molecule has 1 N–H and O–H groups in total. The third-order valence-corrected chi connectivity index (χ3v) is 4.24. The fourth-order valence-electron chi connectivity index (χ4n) is 2.63. The summed E-state index contributed by atoms with van der Waals surface area (Å²) >= 11 is 0. The minimum Gasteiger partial charge on any atom is -0.312 e. The van der Waals surface area contributed by atoms with Crippen LogP contribution in [0.5, 0.6) is 0 Å². The predicted octanol–water partition coefficient (Wildman–Crippen LogP) is 2.03. The molecule has 7 heteroatoms. The van der Waals surface area contributed by atoms with Crippen LogP contribution in [0.2, 0.25) is 0 Å². The van der Waals surface area contributed by atoms with Crippen molar-refractivity contribution in [2.75, 3.05) is 6.54 Å². The van der Waals surface area contributed by atoms with Crippen LogP contribution in [0.1, 0.15) is 32.1 Å². The molecule has 0 saturated heterocycles. The lowest BCUT2D eigenvalue weighted by Gasteiger charge is -2.21. The van der Waals surface area contributed by atoms with Gasteiger partial charge in [-0.25, -0.2) is 0 Å². The highest BCUT2D eigenvalue weighted by Crippen LogP contribution is 2.10. The first-order valence-corrected chi connectivity index (χ1v) is 8.31. The Hall–Kier alpha value is -2.54. The van der Waals surface area contributed by atoms with Crippen LogP contribution in [0, 0.1) is 0 Å². The summed E-state index contributed by atoms with van der Waals surface area (Å²) in [5.41, 5.74) is 0.992. The van der Waals surface area contributed by atoms with Crippen LogP contribution in [-0.2, 0) is 6.42 Å². The van der Waals surface area contributed by atoms with Crippen molar-refractivity contribution < 1.29 is 0 Å². The fourth-order valence-corrected chi connectivity index (χ4v) is 2.63. The van der Waals surface area contributed by atoms with Crippen molar-refractivity contribution in [2.45, 2.75) is 38.8 Å². The second-order valence-corrected chi connectivity index (χ2v) is 5.92. The predicted molar refractivity (Wildman–Crippen MR) is 91.9 cm³/mol. The van der Waals surface area contributed by atoms with Crippen LogP contribution in [0.25, 0.3) is 5.69 Å². The molecule has 0 amide bonds. The zero-order valence-electron chi connectivity index (χ0n) is 14.1. The van der Waals surface area contributed by atoms with Crippen molar-refractivity contribution >= 4 is 0 Å². The van der Waals surface area contributed by atoms with Gasteiger partial charge < -0.3 is 5.32 Å². The molecule has 2 unspecified atom stereocenters. The summed E-state index contributed by atoms with van der Waals surface area (Å²) in [5, 5.41) is 19.9. The van der Waals surface area contributed by atoms with E-state index < -0.39 is 0 Å². The number of aromatic nitrogens is 6. The minimum atomic E-state index is 0.314. The number of aryl methyl sites for hydroxylation is 1. The summed E-state index contributed by atoms with van der Waals surface area (Å²) in [6.45, 7) is 5.26. The normalized spacial score (nSPS) is 13.8. The molecular weight excluding hydrogens is 302 g/mol. The monoisotopic (exact) mass is 325 g/mol. The van der Waals surface area contributed by atoms with E-state index in [4.69, 9.17) is 0 Å². The molecule has 2 atom stereocenters. The Morgan fingerprint density at radius 1 is 1.12 bits per heavy atom. The number of tetrazole rings is 1. The highest BCUT2D eigenvalue weighted by molar-refractivity contribution is 5.30. The SMILES string of the molecule is CC(NCCCc1nnnn1-c1ccccc1)C(C)n1cccn1. The largest absolute Gasteiger partial charge is 0.312 e. The van der Waals surface area contributed by atoms with Crippen molar-refractivity contribution in [1.29, 1.82) is 0 Å². The van der Waals surface area contributed by atoms with Gasteiger partial charge in [0.05, 0.1) is 11.7 Å². The highest BCUT2D eigenvalue weighted by atomic mass is 15.5. The van der Waals surface area contributed by atoms with E-state index in [9.17, 15) is 0 Å². The van der Waals surface area contributed by atoms with Gasteiger partial charge in [-0.3, -0.25) is 4.68 Å². The van der Waals surface area contributed by atoms with Gasteiger partial charge in [0, 0.05) is 24.9 Å². The van der Waals surface area contributed by atoms with Gasteiger partial charge in [-0.15, -0.1) is 5.10 Å². The third-order valence-electron chi connectivity index (χ3n) is 4.24. The van der Waals surface area contributed by atoms with Crippen LogP contribution in [0.4, 0.5) is 0 Å². The van der Waals surface area contributed by atoms with Gasteiger partial charge in [-0.1, -0.05) is 18.2 Å². The summed E-state index contributed by atoms with van der Waals surface area (Å²) in [4.78, 5) is 0. The first kappa shape index (κ1) is 16.3. The first-order valence-electron chi connectivity index (χ1n) is 8.31. The van der Waals surface area contributed by atoms with Gasteiger partial charge >= 0.3 is 0 Å². The number of hydrogen-bond donors (Lipinski definition) is 1. The number of rotatable bonds is 8. The van der Waals surface area contributed by atoms with Crippen molar-refractivity contribution in [3.8, 4) is 5.69 Å². The van der Waals surface area contributed by atoms with E-state index in [0.717, 1.165) is 30.9 Å². The van der Waals surface area contributed by atoms with Crippen molar-refractivity contribution in [1.82, 2.24) is 35.3 Å². The Bertz CT molecular complexity index is 721. The topological polar surface area (TPSA) is 73.5 Å². The van der Waals surface area contributed by atoms with Crippen molar-refractivity contribution in [3.63, 3.8) is 0 Å². The molecule has 2 aromatic heterocycles. The number of hydrogen-bond acceptors (Lipinski definition) is 5. The van der Waals surface area contributed by atoms with Gasteiger partial charge in [0.25, 0.3) is 0 Å². The van der Waals surface area contributed by atoms with Gasteiger partial charge in [0.2, 0.25) is 0 Å². The molecule has 0 radical (unpaired) electrons. The molecule has 2 heterocycles. The van der Waals surface area contributed by atoms with E-state index in [1.807, 2.05) is 53.5 Å². The summed E-state index contributed by atoms with van der Waals surface area (Å²) in [7, 11) is 0. The van der Waals surface area contributed by atoms with E-state index in [-0.39, 0.29) is 0 Å². The van der Waals surface area contributed by atoms with E-state index in [0.29, 0.717) is 12.1 Å². The fraction of sp³-hybridized carbons (Fsp3) is 0.412. The summed E-state index contributed by atoms with van der Waals surface area (Å²) < 4.78 is 3.78. The van der Waals surface area contributed by atoms with E-state index >= 15 is 0 Å². The van der Waals surface area contributed by atoms with E-state index in [1.165, 1.54) is 0 Å². The Morgan fingerprint density at radius 2 is 1.96 bits per heavy atom. The molecular formula is C17H23N7. The molecule has 0 aliphatic heterocycles. The zero-order chi connectivity index (χ0) is 16.8. The number of nitrogens with one attached hydrogen (secondary N) is 1. The molecule has 0 spiro atoms. The van der Waals surface area contributed by atoms with E-state index in [1.54, 1.807) is 4.68 Å². The lowest BCUT2D eigenvalue weighted by molar-refractivity contribution is 0.364. The lowest BCUT2D eigenvalue weighted by atomic mass is 10.1. The van der Waals surface area contributed by atoms with Crippen LogP contribution >= 0.6 is 0 Å². The lowest BCUT2D eigenvalue weighted by Crippen LogP contribution is -2.34. The number of benzene rings is 1. The highest BCUT2D eigenvalue weighted by Gasteiger charge is 2.13. The summed E-state index contributed by atoms with van der Waals surface area (Å²) in [6, 6.07) is 12.6. The Kier molecular flexibility index (Phi) is 5.32. The van der Waals surface area contributed by atoms with Crippen LogP contribution in [-0.4, -0.2) is 42.6 Å². The second-order valence-electron chi connectivity index (χ2n) is 5.92. The molecule has 0 aliphatic rings. The Morgan fingerprint density at radius 3 is 2.71 bits per heavy atom. The third kappa shape index (κ3) is 3.86. The van der Waals surface area contributed by atoms with Crippen LogP contribution < -0.4 is 5.32 Å². The van der Waals surface area contributed by atoms with Gasteiger partial charge in [0.15, 0.2) is 5.82 Å².